The zero-order chi connectivity index (χ0) is 20.8. The second kappa shape index (κ2) is 6.77. The van der Waals surface area contributed by atoms with Crippen LogP contribution >= 0.6 is 0 Å². The first-order valence-corrected chi connectivity index (χ1v) is 9.88. The molecule has 0 aliphatic carbocycles. The number of aromatic amines is 1. The Kier molecular flexibility index (Phi) is 3.79. The Morgan fingerprint density at radius 3 is 2.68 bits per heavy atom. The van der Waals surface area contributed by atoms with Gasteiger partial charge in [0, 0.05) is 53.1 Å². The predicted molar refractivity (Wildman–Crippen MR) is 121 cm³/mol. The Morgan fingerprint density at radius 1 is 0.935 bits per heavy atom. The summed E-state index contributed by atoms with van der Waals surface area (Å²) in [6.07, 6.45) is 11.0. The number of benzene rings is 2. The summed E-state index contributed by atoms with van der Waals surface area (Å²) in [5, 5.41) is 15.1. The predicted octanol–water partition coefficient (Wildman–Crippen LogP) is 5.12. The second-order valence-electron chi connectivity index (χ2n) is 7.33. The Bertz CT molecular complexity index is 1510. The highest BCUT2D eigenvalue weighted by molar-refractivity contribution is 5.91. The molecule has 0 atom stereocenters. The molecule has 0 aliphatic heterocycles. The minimum absolute atomic E-state index is 0.188. The summed E-state index contributed by atoms with van der Waals surface area (Å²) in [5.74, 6) is 0.188. The van der Waals surface area contributed by atoms with Crippen molar-refractivity contribution in [2.75, 3.05) is 5.32 Å². The SMILES string of the molecule is Oc1[nH]cc2cc(-c3ccc(Nc4ccc(-n5ccnc5)cc4)c4nccn34)ccc12. The van der Waals surface area contributed by atoms with Gasteiger partial charge in [-0.2, -0.15) is 0 Å². The molecule has 0 amide bonds. The summed E-state index contributed by atoms with van der Waals surface area (Å²) >= 11 is 0. The molecule has 0 bridgehead atoms. The first kappa shape index (κ1) is 17.3. The van der Waals surface area contributed by atoms with Crippen molar-refractivity contribution in [2.45, 2.75) is 0 Å². The first-order valence-electron chi connectivity index (χ1n) is 9.88. The lowest BCUT2D eigenvalue weighted by molar-refractivity contribution is 0.462. The van der Waals surface area contributed by atoms with Crippen LogP contribution in [0.25, 0.3) is 33.4 Å². The fourth-order valence-corrected chi connectivity index (χ4v) is 3.91. The molecule has 31 heavy (non-hydrogen) atoms. The monoisotopic (exact) mass is 406 g/mol. The van der Waals surface area contributed by atoms with E-state index in [1.165, 1.54) is 0 Å². The zero-order valence-corrected chi connectivity index (χ0v) is 16.4. The van der Waals surface area contributed by atoms with E-state index in [4.69, 9.17) is 0 Å². The van der Waals surface area contributed by atoms with E-state index in [0.29, 0.717) is 0 Å². The molecular formula is C24H18N6O. The molecule has 3 N–H and O–H groups in total. The third-order valence-electron chi connectivity index (χ3n) is 5.46. The molecule has 0 aliphatic rings. The average molecular weight is 406 g/mol. The molecule has 0 spiro atoms. The number of rotatable bonds is 4. The third-order valence-corrected chi connectivity index (χ3v) is 5.46. The Hall–Kier alpha value is -4.52. The molecule has 7 nitrogen and oxygen atoms in total. The second-order valence-corrected chi connectivity index (χ2v) is 7.33. The van der Waals surface area contributed by atoms with Crippen LogP contribution in [0, 0.1) is 0 Å². The molecule has 4 aromatic heterocycles. The van der Waals surface area contributed by atoms with Gasteiger partial charge in [0.15, 0.2) is 11.5 Å². The number of hydrogen-bond donors (Lipinski definition) is 3. The average Bonchev–Trinajstić information content (AvgIpc) is 3.56. The van der Waals surface area contributed by atoms with E-state index in [-0.39, 0.29) is 5.88 Å². The number of aromatic hydroxyl groups is 1. The summed E-state index contributed by atoms with van der Waals surface area (Å²) in [4.78, 5) is 11.5. The fraction of sp³-hybridized carbons (Fsp3) is 0. The van der Waals surface area contributed by atoms with Crippen molar-refractivity contribution in [1.29, 1.82) is 0 Å². The summed E-state index contributed by atoms with van der Waals surface area (Å²) in [7, 11) is 0. The van der Waals surface area contributed by atoms with Gasteiger partial charge < -0.3 is 20.0 Å². The maximum Gasteiger partial charge on any atom is 0.196 e. The maximum absolute atomic E-state index is 9.88. The van der Waals surface area contributed by atoms with E-state index in [1.807, 2.05) is 65.6 Å². The van der Waals surface area contributed by atoms with Crippen LogP contribution in [0.1, 0.15) is 0 Å². The number of fused-ring (bicyclic) bond motifs is 2. The fourth-order valence-electron chi connectivity index (χ4n) is 3.91. The quantitative estimate of drug-likeness (QED) is 0.380. The number of nitrogens with zero attached hydrogens (tertiary/aromatic N) is 4. The third kappa shape index (κ3) is 2.91. The van der Waals surface area contributed by atoms with Crippen LogP contribution in [-0.2, 0) is 0 Å². The highest BCUT2D eigenvalue weighted by Gasteiger charge is 2.11. The largest absolute Gasteiger partial charge is 0.494 e. The van der Waals surface area contributed by atoms with Crippen molar-refractivity contribution in [3.63, 3.8) is 0 Å². The van der Waals surface area contributed by atoms with Gasteiger partial charge in [0.25, 0.3) is 0 Å². The number of H-pyrrole nitrogens is 1. The summed E-state index contributed by atoms with van der Waals surface area (Å²) < 4.78 is 4.03. The molecule has 0 fully saturated rings. The van der Waals surface area contributed by atoms with Crippen molar-refractivity contribution < 1.29 is 5.11 Å². The molecule has 2 aromatic carbocycles. The van der Waals surface area contributed by atoms with Crippen LogP contribution in [0.3, 0.4) is 0 Å². The highest BCUT2D eigenvalue weighted by Crippen LogP contribution is 2.31. The van der Waals surface area contributed by atoms with Gasteiger partial charge in [0.2, 0.25) is 0 Å². The molecule has 0 saturated carbocycles. The van der Waals surface area contributed by atoms with Gasteiger partial charge in [-0.25, -0.2) is 9.97 Å². The van der Waals surface area contributed by atoms with Gasteiger partial charge >= 0.3 is 0 Å². The lowest BCUT2D eigenvalue weighted by Gasteiger charge is -2.12. The number of hydrogen-bond acceptors (Lipinski definition) is 4. The molecule has 6 aromatic rings. The highest BCUT2D eigenvalue weighted by atomic mass is 16.3. The normalized spacial score (nSPS) is 11.4. The Balaban J connectivity index is 1.36. The first-order chi connectivity index (χ1) is 15.3. The van der Waals surface area contributed by atoms with Crippen LogP contribution in [-0.4, -0.2) is 29.0 Å². The standard InChI is InChI=1S/C24H18N6O/c31-24-20-6-1-16(13-17(20)14-27-24)22-8-7-21(23-26-10-12-30(22)23)28-18-2-4-19(5-3-18)29-11-9-25-15-29/h1-15,27-28,31H. The van der Waals surface area contributed by atoms with E-state index in [9.17, 15) is 5.11 Å². The smallest absolute Gasteiger partial charge is 0.196 e. The number of aromatic nitrogens is 5. The van der Waals surface area contributed by atoms with Crippen LogP contribution in [0.2, 0.25) is 0 Å². The zero-order valence-electron chi connectivity index (χ0n) is 16.4. The van der Waals surface area contributed by atoms with Gasteiger partial charge in [-0.05, 0) is 54.1 Å². The number of imidazole rings is 2. The van der Waals surface area contributed by atoms with Crippen molar-refractivity contribution in [1.82, 2.24) is 23.9 Å². The number of anilines is 2. The summed E-state index contributed by atoms with van der Waals surface area (Å²) in [6.45, 7) is 0. The summed E-state index contributed by atoms with van der Waals surface area (Å²) in [5.41, 5.74) is 5.86. The minimum Gasteiger partial charge on any atom is -0.494 e. The molecule has 4 heterocycles. The van der Waals surface area contributed by atoms with E-state index in [2.05, 4.69) is 36.8 Å². The van der Waals surface area contributed by atoms with E-state index in [0.717, 1.165) is 44.7 Å². The van der Waals surface area contributed by atoms with Gasteiger partial charge in [0.05, 0.1) is 17.7 Å². The molecule has 150 valence electrons. The molecule has 6 rings (SSSR count). The maximum atomic E-state index is 9.88. The molecule has 0 saturated heterocycles. The topological polar surface area (TPSA) is 83.2 Å². The number of nitrogens with one attached hydrogen (secondary N) is 2. The van der Waals surface area contributed by atoms with Crippen molar-refractivity contribution in [3.05, 3.63) is 91.9 Å². The Morgan fingerprint density at radius 2 is 1.84 bits per heavy atom. The number of pyridine rings is 1. The van der Waals surface area contributed by atoms with Crippen LogP contribution in [0.5, 0.6) is 5.88 Å². The lowest BCUT2D eigenvalue weighted by atomic mass is 10.1. The van der Waals surface area contributed by atoms with Crippen molar-refractivity contribution in [2.24, 2.45) is 0 Å². The van der Waals surface area contributed by atoms with E-state index < -0.39 is 0 Å². The van der Waals surface area contributed by atoms with Crippen molar-refractivity contribution in [3.8, 4) is 22.8 Å². The van der Waals surface area contributed by atoms with Crippen LogP contribution in [0.15, 0.2) is 91.9 Å². The minimum atomic E-state index is 0.188. The van der Waals surface area contributed by atoms with Gasteiger partial charge in [-0.1, -0.05) is 6.07 Å². The van der Waals surface area contributed by atoms with Gasteiger partial charge in [-0.15, -0.1) is 0 Å². The van der Waals surface area contributed by atoms with Crippen LogP contribution < -0.4 is 5.32 Å². The molecular weight excluding hydrogens is 388 g/mol. The van der Waals surface area contributed by atoms with Gasteiger partial charge in [-0.3, -0.25) is 4.40 Å². The van der Waals surface area contributed by atoms with Crippen LogP contribution in [0.4, 0.5) is 11.4 Å². The summed E-state index contributed by atoms with van der Waals surface area (Å²) in [6, 6.07) is 18.3. The lowest BCUT2D eigenvalue weighted by Crippen LogP contribution is -1.98. The molecule has 0 unspecified atom stereocenters. The van der Waals surface area contributed by atoms with Crippen molar-refractivity contribution >= 4 is 27.8 Å². The molecule has 7 heteroatoms. The Labute approximate surface area is 177 Å². The van der Waals surface area contributed by atoms with Gasteiger partial charge in [0.1, 0.15) is 0 Å². The van der Waals surface area contributed by atoms with E-state index >= 15 is 0 Å². The van der Waals surface area contributed by atoms with E-state index in [1.54, 1.807) is 18.7 Å². The molecule has 0 radical (unpaired) electrons.